The lowest BCUT2D eigenvalue weighted by molar-refractivity contribution is 0.251. The minimum absolute atomic E-state index is 0.286. The number of urea groups is 1. The third kappa shape index (κ3) is 8.24. The Balaban J connectivity index is 1.13. The van der Waals surface area contributed by atoms with Crippen LogP contribution in [0, 0.1) is 6.92 Å². The van der Waals surface area contributed by atoms with E-state index in [1.165, 1.54) is 16.9 Å². The number of unbranched alkanes of at least 4 members (excludes halogenated alkanes) is 1. The summed E-state index contributed by atoms with van der Waals surface area (Å²) in [4.78, 5) is 12.2. The van der Waals surface area contributed by atoms with Crippen molar-refractivity contribution in [2.45, 2.75) is 45.6 Å². The Morgan fingerprint density at radius 2 is 1.47 bits per heavy atom. The number of carbonyl (C=O) groups is 1. The fourth-order valence-electron chi connectivity index (χ4n) is 3.55. The third-order valence-corrected chi connectivity index (χ3v) is 7.06. The number of amides is 2. The van der Waals surface area contributed by atoms with E-state index in [9.17, 15) is 4.79 Å². The monoisotopic (exact) mass is 519 g/mol. The molecule has 0 aliphatic carbocycles. The maximum Gasteiger partial charge on any atom is 0.321 e. The standard InChI is InChI=1S/C26H29N7OS2/c1-18-9-8-12-21(15-18)17-27-24(34)29-26-33-31-23(36-26)14-7-6-13-22-30-32-25(35-22)28-19(2)16-20-10-4-3-5-11-20/h3-5,8-12,15H,2,6-7,13-14,16-17H2,1H3,(H,28,32)(H2,27,29,33,34). The zero-order valence-electron chi connectivity index (χ0n) is 20.2. The second kappa shape index (κ2) is 12.9. The molecule has 3 N–H and O–H groups in total. The average Bonchev–Trinajstić information content (AvgIpc) is 3.50. The van der Waals surface area contributed by atoms with E-state index in [-0.39, 0.29) is 6.03 Å². The summed E-state index contributed by atoms with van der Waals surface area (Å²) in [6.45, 7) is 6.59. The van der Waals surface area contributed by atoms with Crippen molar-refractivity contribution in [1.82, 2.24) is 25.7 Å². The maximum atomic E-state index is 12.2. The summed E-state index contributed by atoms with van der Waals surface area (Å²) >= 11 is 2.96. The summed E-state index contributed by atoms with van der Waals surface area (Å²) in [6, 6.07) is 18.0. The van der Waals surface area contributed by atoms with E-state index in [4.69, 9.17) is 0 Å². The molecule has 10 heteroatoms. The molecular formula is C26H29N7OS2. The van der Waals surface area contributed by atoms with Crippen LogP contribution in [-0.2, 0) is 25.8 Å². The number of hydrogen-bond acceptors (Lipinski definition) is 8. The van der Waals surface area contributed by atoms with Crippen LogP contribution < -0.4 is 16.0 Å². The summed E-state index contributed by atoms with van der Waals surface area (Å²) in [7, 11) is 0. The SMILES string of the molecule is C=C(Cc1ccccc1)Nc1nnc(CCCCc2nnc(NC(=O)NCc3cccc(C)c3)s2)s1. The number of hydrogen-bond donors (Lipinski definition) is 3. The van der Waals surface area contributed by atoms with E-state index in [0.717, 1.165) is 64.1 Å². The van der Waals surface area contributed by atoms with E-state index >= 15 is 0 Å². The van der Waals surface area contributed by atoms with Crippen molar-refractivity contribution in [3.8, 4) is 0 Å². The molecular weight excluding hydrogens is 490 g/mol. The van der Waals surface area contributed by atoms with Crippen LogP contribution in [0.2, 0.25) is 0 Å². The lowest BCUT2D eigenvalue weighted by atomic mass is 10.1. The molecule has 2 amide bonds. The van der Waals surface area contributed by atoms with Crippen molar-refractivity contribution in [1.29, 1.82) is 0 Å². The Hall–Kier alpha value is -3.63. The molecule has 2 heterocycles. The number of allylic oxidation sites excluding steroid dienone is 1. The second-order valence-corrected chi connectivity index (χ2v) is 10.5. The Kier molecular flexibility index (Phi) is 9.12. The van der Waals surface area contributed by atoms with E-state index in [0.29, 0.717) is 11.7 Å². The van der Waals surface area contributed by atoms with Gasteiger partial charge in [0.25, 0.3) is 0 Å². The molecule has 186 valence electrons. The normalized spacial score (nSPS) is 10.7. The van der Waals surface area contributed by atoms with Crippen molar-refractivity contribution in [3.05, 3.63) is 93.6 Å². The van der Waals surface area contributed by atoms with Gasteiger partial charge in [-0.25, -0.2) is 4.79 Å². The summed E-state index contributed by atoms with van der Waals surface area (Å²) in [5.74, 6) is 0. The molecule has 0 saturated heterocycles. The van der Waals surface area contributed by atoms with Gasteiger partial charge in [0, 0.05) is 31.5 Å². The number of aromatic nitrogens is 4. The molecule has 4 aromatic rings. The smallest absolute Gasteiger partial charge is 0.321 e. The fourth-order valence-corrected chi connectivity index (χ4v) is 5.15. The van der Waals surface area contributed by atoms with Crippen LogP contribution >= 0.6 is 22.7 Å². The number of aryl methyl sites for hydroxylation is 3. The lowest BCUT2D eigenvalue weighted by Crippen LogP contribution is -2.28. The van der Waals surface area contributed by atoms with Gasteiger partial charge in [-0.2, -0.15) is 0 Å². The van der Waals surface area contributed by atoms with Crippen molar-refractivity contribution in [2.75, 3.05) is 10.6 Å². The first kappa shape index (κ1) is 25.5. The number of carbonyl (C=O) groups excluding carboxylic acids is 1. The third-order valence-electron chi connectivity index (χ3n) is 5.27. The molecule has 0 aliphatic heterocycles. The van der Waals surface area contributed by atoms with Crippen LogP contribution in [0.4, 0.5) is 15.1 Å². The molecule has 2 aromatic carbocycles. The molecule has 8 nitrogen and oxygen atoms in total. The number of anilines is 2. The van der Waals surface area contributed by atoms with Gasteiger partial charge in [0.1, 0.15) is 10.0 Å². The predicted octanol–water partition coefficient (Wildman–Crippen LogP) is 5.75. The average molecular weight is 520 g/mol. The van der Waals surface area contributed by atoms with Crippen LogP contribution in [-0.4, -0.2) is 26.4 Å². The number of nitrogens with one attached hydrogen (secondary N) is 3. The van der Waals surface area contributed by atoms with Gasteiger partial charge in [-0.3, -0.25) is 5.32 Å². The highest BCUT2D eigenvalue weighted by atomic mass is 32.1. The lowest BCUT2D eigenvalue weighted by Gasteiger charge is -2.05. The van der Waals surface area contributed by atoms with Gasteiger partial charge in [-0.1, -0.05) is 89.4 Å². The second-order valence-electron chi connectivity index (χ2n) is 8.40. The Labute approximate surface area is 218 Å². The molecule has 0 aliphatic rings. The van der Waals surface area contributed by atoms with Gasteiger partial charge in [-0.05, 0) is 30.9 Å². The van der Waals surface area contributed by atoms with Gasteiger partial charge in [0.05, 0.1) is 0 Å². The highest BCUT2D eigenvalue weighted by molar-refractivity contribution is 7.15. The molecule has 4 rings (SSSR count). The molecule has 0 fully saturated rings. The van der Waals surface area contributed by atoms with Gasteiger partial charge < -0.3 is 10.6 Å². The quantitative estimate of drug-likeness (QED) is 0.206. The summed E-state index contributed by atoms with van der Waals surface area (Å²) in [5.41, 5.74) is 4.32. The Morgan fingerprint density at radius 1 is 0.833 bits per heavy atom. The summed E-state index contributed by atoms with van der Waals surface area (Å²) < 4.78 is 0. The highest BCUT2D eigenvalue weighted by Gasteiger charge is 2.09. The molecule has 2 aromatic heterocycles. The molecule has 0 radical (unpaired) electrons. The van der Waals surface area contributed by atoms with Crippen LogP contribution in [0.15, 0.2) is 66.9 Å². The first-order chi connectivity index (χ1) is 17.5. The van der Waals surface area contributed by atoms with Crippen molar-refractivity contribution in [2.24, 2.45) is 0 Å². The van der Waals surface area contributed by atoms with Gasteiger partial charge in [0.15, 0.2) is 0 Å². The van der Waals surface area contributed by atoms with Crippen LogP contribution in [0.5, 0.6) is 0 Å². The largest absolute Gasteiger partial charge is 0.334 e. The molecule has 36 heavy (non-hydrogen) atoms. The molecule has 0 spiro atoms. The van der Waals surface area contributed by atoms with Crippen molar-refractivity contribution < 1.29 is 4.79 Å². The van der Waals surface area contributed by atoms with Gasteiger partial charge >= 0.3 is 6.03 Å². The van der Waals surface area contributed by atoms with Gasteiger partial charge in [0.2, 0.25) is 10.3 Å². The molecule has 0 bridgehead atoms. The minimum Gasteiger partial charge on any atom is -0.334 e. The maximum absolute atomic E-state index is 12.2. The van der Waals surface area contributed by atoms with Crippen molar-refractivity contribution >= 4 is 39.0 Å². The number of nitrogens with zero attached hydrogens (tertiary/aromatic N) is 4. The Bertz CT molecular complexity index is 1290. The van der Waals surface area contributed by atoms with Crippen molar-refractivity contribution in [3.63, 3.8) is 0 Å². The van der Waals surface area contributed by atoms with E-state index in [1.54, 1.807) is 11.3 Å². The number of benzene rings is 2. The van der Waals surface area contributed by atoms with Crippen LogP contribution in [0.3, 0.4) is 0 Å². The van der Waals surface area contributed by atoms with E-state index in [2.05, 4.69) is 55.1 Å². The molecule has 0 saturated carbocycles. The number of rotatable bonds is 12. The summed E-state index contributed by atoms with van der Waals surface area (Å²) in [5, 5.41) is 28.8. The van der Waals surface area contributed by atoms with Gasteiger partial charge in [-0.15, -0.1) is 20.4 Å². The molecule has 0 unspecified atom stereocenters. The highest BCUT2D eigenvalue weighted by Crippen LogP contribution is 2.21. The predicted molar refractivity (Wildman–Crippen MR) is 146 cm³/mol. The first-order valence-corrected chi connectivity index (χ1v) is 13.4. The molecule has 0 atom stereocenters. The van der Waals surface area contributed by atoms with Crippen LogP contribution in [0.25, 0.3) is 0 Å². The Morgan fingerprint density at radius 3 is 2.14 bits per heavy atom. The van der Waals surface area contributed by atoms with E-state index in [1.807, 2.05) is 49.4 Å². The first-order valence-electron chi connectivity index (χ1n) is 11.8. The fraction of sp³-hybridized carbons (Fsp3) is 0.269. The minimum atomic E-state index is -0.286. The van der Waals surface area contributed by atoms with E-state index < -0.39 is 0 Å². The zero-order valence-corrected chi connectivity index (χ0v) is 21.8. The topological polar surface area (TPSA) is 105 Å². The zero-order chi connectivity index (χ0) is 25.2. The summed E-state index contributed by atoms with van der Waals surface area (Å²) in [6.07, 6.45) is 4.34. The van der Waals surface area contributed by atoms with Crippen LogP contribution in [0.1, 0.15) is 39.5 Å².